The molecule has 0 bridgehead atoms. The molecule has 0 saturated carbocycles. The predicted molar refractivity (Wildman–Crippen MR) is 94.2 cm³/mol. The van der Waals surface area contributed by atoms with Crippen molar-refractivity contribution in [2.75, 3.05) is 27.2 Å². The predicted octanol–water partition coefficient (Wildman–Crippen LogP) is 3.71. The number of likely N-dealkylation sites (N-methyl/N-ethyl adjacent to an activating group) is 2. The summed E-state index contributed by atoms with van der Waals surface area (Å²) < 4.78 is 6.49. The van der Waals surface area contributed by atoms with E-state index in [1.165, 1.54) is 5.56 Å². The number of hydrogen-bond acceptors (Lipinski definition) is 3. The fraction of sp³-hybridized carbons (Fsp3) is 0.647. The molecule has 1 rings (SSSR count). The second kappa shape index (κ2) is 8.16. The molecule has 1 aromatic carbocycles. The molecule has 0 fully saturated rings. The van der Waals surface area contributed by atoms with Gasteiger partial charge in [-0.25, -0.2) is 0 Å². The van der Waals surface area contributed by atoms with Gasteiger partial charge in [0, 0.05) is 16.1 Å². The standard InChI is InChI=1S/C17H29BrN2O/c1-7-20(8-2)17(3,4)16(19-5)12-13-11-14(21-6)9-10-15(13)18/h9-11,16,19H,7-8,12H2,1-6H3. The van der Waals surface area contributed by atoms with Crippen LogP contribution in [0.4, 0.5) is 0 Å². The highest BCUT2D eigenvalue weighted by Gasteiger charge is 2.33. The molecule has 1 atom stereocenters. The molecule has 4 heteroatoms. The van der Waals surface area contributed by atoms with Gasteiger partial charge in [-0.15, -0.1) is 0 Å². The van der Waals surface area contributed by atoms with Crippen molar-refractivity contribution in [3.05, 3.63) is 28.2 Å². The largest absolute Gasteiger partial charge is 0.497 e. The van der Waals surface area contributed by atoms with E-state index >= 15 is 0 Å². The summed E-state index contributed by atoms with van der Waals surface area (Å²) >= 11 is 3.66. The first kappa shape index (κ1) is 18.5. The zero-order valence-electron chi connectivity index (χ0n) is 14.2. The highest BCUT2D eigenvalue weighted by molar-refractivity contribution is 9.10. The number of halogens is 1. The highest BCUT2D eigenvalue weighted by Crippen LogP contribution is 2.27. The van der Waals surface area contributed by atoms with E-state index in [0.29, 0.717) is 6.04 Å². The zero-order chi connectivity index (χ0) is 16.0. The van der Waals surface area contributed by atoms with E-state index < -0.39 is 0 Å². The van der Waals surface area contributed by atoms with E-state index in [-0.39, 0.29) is 5.54 Å². The first-order valence-corrected chi connectivity index (χ1v) is 8.44. The van der Waals surface area contributed by atoms with Crippen molar-refractivity contribution in [2.45, 2.75) is 45.7 Å². The number of benzene rings is 1. The lowest BCUT2D eigenvalue weighted by Crippen LogP contribution is -2.57. The Morgan fingerprint density at radius 1 is 1.29 bits per heavy atom. The lowest BCUT2D eigenvalue weighted by molar-refractivity contribution is 0.0943. The van der Waals surface area contributed by atoms with Gasteiger partial charge in [-0.1, -0.05) is 29.8 Å². The maximum Gasteiger partial charge on any atom is 0.119 e. The van der Waals surface area contributed by atoms with Crippen LogP contribution in [0.3, 0.4) is 0 Å². The second-order valence-electron chi connectivity index (χ2n) is 5.83. The van der Waals surface area contributed by atoms with Gasteiger partial charge in [0.05, 0.1) is 7.11 Å². The highest BCUT2D eigenvalue weighted by atomic mass is 79.9. The smallest absolute Gasteiger partial charge is 0.119 e. The minimum atomic E-state index is 0.0841. The van der Waals surface area contributed by atoms with Crippen LogP contribution in [0.15, 0.2) is 22.7 Å². The van der Waals surface area contributed by atoms with Gasteiger partial charge in [0.1, 0.15) is 5.75 Å². The summed E-state index contributed by atoms with van der Waals surface area (Å²) in [5.41, 5.74) is 1.36. The van der Waals surface area contributed by atoms with Crippen LogP contribution >= 0.6 is 15.9 Å². The molecule has 0 aliphatic rings. The summed E-state index contributed by atoms with van der Waals surface area (Å²) in [7, 11) is 3.76. The van der Waals surface area contributed by atoms with Gasteiger partial charge in [-0.2, -0.15) is 0 Å². The average molecular weight is 357 g/mol. The average Bonchev–Trinajstić information content (AvgIpc) is 2.47. The number of ether oxygens (including phenoxy) is 1. The maximum absolute atomic E-state index is 5.35. The number of rotatable bonds is 8. The fourth-order valence-corrected chi connectivity index (χ4v) is 3.43. The Bertz CT molecular complexity index is 444. The first-order valence-electron chi connectivity index (χ1n) is 7.65. The normalized spacial score (nSPS) is 13.5. The molecule has 0 spiro atoms. The third-order valence-electron chi connectivity index (χ3n) is 4.46. The zero-order valence-corrected chi connectivity index (χ0v) is 15.8. The molecule has 0 aromatic heterocycles. The Labute approximate surface area is 138 Å². The molecule has 0 aliphatic heterocycles. The van der Waals surface area contributed by atoms with Crippen molar-refractivity contribution in [3.8, 4) is 5.75 Å². The molecule has 0 saturated heterocycles. The molecule has 0 aliphatic carbocycles. The molecule has 0 heterocycles. The van der Waals surface area contributed by atoms with Gasteiger partial charge >= 0.3 is 0 Å². The number of hydrogen-bond donors (Lipinski definition) is 1. The van der Waals surface area contributed by atoms with Crippen molar-refractivity contribution in [3.63, 3.8) is 0 Å². The van der Waals surface area contributed by atoms with Crippen LogP contribution in [0.2, 0.25) is 0 Å². The second-order valence-corrected chi connectivity index (χ2v) is 6.68. The topological polar surface area (TPSA) is 24.5 Å². The Hall–Kier alpha value is -0.580. The Balaban J connectivity index is 3.01. The van der Waals surface area contributed by atoms with Crippen LogP contribution in [0.1, 0.15) is 33.3 Å². The minimum absolute atomic E-state index is 0.0841. The van der Waals surface area contributed by atoms with E-state index in [9.17, 15) is 0 Å². The third-order valence-corrected chi connectivity index (χ3v) is 5.23. The molecule has 21 heavy (non-hydrogen) atoms. The van der Waals surface area contributed by atoms with Crippen LogP contribution < -0.4 is 10.1 Å². The van der Waals surface area contributed by atoms with E-state index in [1.807, 2.05) is 13.1 Å². The van der Waals surface area contributed by atoms with Crippen LogP contribution in [-0.2, 0) is 6.42 Å². The van der Waals surface area contributed by atoms with Crippen LogP contribution in [0.25, 0.3) is 0 Å². The first-order chi connectivity index (χ1) is 9.90. The quantitative estimate of drug-likeness (QED) is 0.768. The SMILES string of the molecule is CCN(CC)C(C)(C)C(Cc1cc(OC)ccc1Br)NC. The van der Waals surface area contributed by atoms with Crippen molar-refractivity contribution in [2.24, 2.45) is 0 Å². The van der Waals surface area contributed by atoms with E-state index in [0.717, 1.165) is 29.7 Å². The summed E-state index contributed by atoms with van der Waals surface area (Å²) in [6, 6.07) is 6.52. The molecular formula is C17H29BrN2O. The molecule has 0 amide bonds. The van der Waals surface area contributed by atoms with Gasteiger partial charge in [0.25, 0.3) is 0 Å². The van der Waals surface area contributed by atoms with Crippen molar-refractivity contribution < 1.29 is 4.74 Å². The minimum Gasteiger partial charge on any atom is -0.497 e. The molecule has 120 valence electrons. The molecule has 1 unspecified atom stereocenters. The van der Waals surface area contributed by atoms with Gasteiger partial charge in [0.2, 0.25) is 0 Å². The summed E-state index contributed by atoms with van der Waals surface area (Å²) in [5.74, 6) is 0.906. The summed E-state index contributed by atoms with van der Waals surface area (Å²) in [5, 5.41) is 3.50. The molecule has 0 radical (unpaired) electrons. The van der Waals surface area contributed by atoms with Crippen LogP contribution in [0.5, 0.6) is 5.75 Å². The molecular weight excluding hydrogens is 328 g/mol. The van der Waals surface area contributed by atoms with Crippen molar-refractivity contribution in [1.82, 2.24) is 10.2 Å². The van der Waals surface area contributed by atoms with Crippen LogP contribution in [-0.4, -0.2) is 43.7 Å². The third kappa shape index (κ3) is 4.44. The van der Waals surface area contributed by atoms with E-state index in [2.05, 4.69) is 66.0 Å². The summed E-state index contributed by atoms with van der Waals surface area (Å²) in [6.45, 7) is 11.2. The molecule has 1 aromatic rings. The Morgan fingerprint density at radius 3 is 2.38 bits per heavy atom. The summed E-state index contributed by atoms with van der Waals surface area (Å²) in [4.78, 5) is 2.50. The fourth-order valence-electron chi connectivity index (χ4n) is 3.02. The molecule has 1 N–H and O–H groups in total. The van der Waals surface area contributed by atoms with E-state index in [4.69, 9.17) is 4.74 Å². The number of methoxy groups -OCH3 is 1. The number of nitrogens with zero attached hydrogens (tertiary/aromatic N) is 1. The maximum atomic E-state index is 5.35. The lowest BCUT2D eigenvalue weighted by Gasteiger charge is -2.43. The van der Waals surface area contributed by atoms with Crippen molar-refractivity contribution >= 4 is 15.9 Å². The lowest BCUT2D eigenvalue weighted by atomic mass is 9.87. The van der Waals surface area contributed by atoms with Gasteiger partial charge < -0.3 is 10.1 Å². The monoisotopic (exact) mass is 356 g/mol. The number of nitrogens with one attached hydrogen (secondary N) is 1. The van der Waals surface area contributed by atoms with Gasteiger partial charge in [-0.3, -0.25) is 4.90 Å². The molecule has 3 nitrogen and oxygen atoms in total. The van der Waals surface area contributed by atoms with Crippen LogP contribution in [0, 0.1) is 0 Å². The van der Waals surface area contributed by atoms with Gasteiger partial charge in [-0.05, 0) is 64.2 Å². The summed E-state index contributed by atoms with van der Waals surface area (Å²) in [6.07, 6.45) is 0.956. The van der Waals surface area contributed by atoms with Crippen molar-refractivity contribution in [1.29, 1.82) is 0 Å². The van der Waals surface area contributed by atoms with Gasteiger partial charge in [0.15, 0.2) is 0 Å². The Kier molecular flexibility index (Phi) is 7.17. The Morgan fingerprint density at radius 2 is 1.90 bits per heavy atom. The van der Waals surface area contributed by atoms with E-state index in [1.54, 1.807) is 7.11 Å².